The van der Waals surface area contributed by atoms with Gasteiger partial charge in [0.2, 0.25) is 5.75 Å². The molecule has 0 fully saturated rings. The van der Waals surface area contributed by atoms with E-state index in [0.29, 0.717) is 53.9 Å². The van der Waals surface area contributed by atoms with Crippen LogP contribution in [0.1, 0.15) is 39.4 Å². The number of methoxy groups -OCH3 is 3. The minimum Gasteiger partial charge on any atom is -0.504 e. The lowest BCUT2D eigenvalue weighted by molar-refractivity contribution is 0.223. The molecule has 0 aromatic heterocycles. The van der Waals surface area contributed by atoms with Crippen molar-refractivity contribution in [2.45, 2.75) is 31.7 Å². The number of aliphatic imine (C=N–C) groups is 1. The van der Waals surface area contributed by atoms with Crippen molar-refractivity contribution in [2.75, 3.05) is 41.5 Å². The number of benzene rings is 4. The highest BCUT2D eigenvalue weighted by Crippen LogP contribution is 2.49. The van der Waals surface area contributed by atoms with Gasteiger partial charge in [-0.15, -0.1) is 0 Å². The smallest absolute Gasteiger partial charge is 0.204 e. The van der Waals surface area contributed by atoms with Crippen molar-refractivity contribution < 1.29 is 28.8 Å². The first kappa shape index (κ1) is 28.1. The van der Waals surface area contributed by atoms with Gasteiger partial charge in [0.15, 0.2) is 23.0 Å². The minimum absolute atomic E-state index is 0.00726. The predicted molar refractivity (Wildman–Crippen MR) is 169 cm³/mol. The standard InChI is InChI=1S/C36H36N2O6/c1-38-14-12-24-18-26(40-2)20-31-34(24)28(38)16-22-7-10-29(39)30(17-22)43-25-8-5-21(6-9-25)15-27-33-23(11-13-37-27)19-32(41-3)35(42-4)36(33)44-31/h5-10,17-20,28,39H,11-16H2,1-4H3. The van der Waals surface area contributed by atoms with Crippen LogP contribution in [0.2, 0.25) is 0 Å². The van der Waals surface area contributed by atoms with Gasteiger partial charge in [-0.3, -0.25) is 9.89 Å². The molecule has 1 N–H and O–H groups in total. The van der Waals surface area contributed by atoms with Crippen LogP contribution in [-0.2, 0) is 25.7 Å². The molecule has 226 valence electrons. The zero-order valence-electron chi connectivity index (χ0n) is 25.5. The van der Waals surface area contributed by atoms with Crippen molar-refractivity contribution in [1.29, 1.82) is 0 Å². The molecule has 1 atom stereocenters. The Morgan fingerprint density at radius 2 is 1.66 bits per heavy atom. The van der Waals surface area contributed by atoms with E-state index >= 15 is 0 Å². The number of phenols is 1. The number of nitrogens with zero attached hydrogens (tertiary/aromatic N) is 2. The fourth-order valence-electron chi connectivity index (χ4n) is 6.63. The van der Waals surface area contributed by atoms with Crippen LogP contribution in [-0.4, -0.2) is 57.2 Å². The molecule has 4 aromatic carbocycles. The Morgan fingerprint density at radius 1 is 0.841 bits per heavy atom. The summed E-state index contributed by atoms with van der Waals surface area (Å²) in [6, 6.07) is 19.6. The summed E-state index contributed by atoms with van der Waals surface area (Å²) in [6.45, 7) is 1.56. The number of likely N-dealkylation sites (N-methyl/N-ethyl adjacent to an activating group) is 1. The van der Waals surface area contributed by atoms with Gasteiger partial charge in [0.1, 0.15) is 17.2 Å². The van der Waals surface area contributed by atoms with Crippen LogP contribution in [0.3, 0.4) is 0 Å². The Kier molecular flexibility index (Phi) is 7.30. The fraction of sp³-hybridized carbons (Fsp3) is 0.306. The van der Waals surface area contributed by atoms with Crippen LogP contribution in [0.25, 0.3) is 0 Å². The third-order valence-electron chi connectivity index (χ3n) is 8.90. The summed E-state index contributed by atoms with van der Waals surface area (Å²) in [5, 5.41) is 10.7. The molecule has 1 unspecified atom stereocenters. The largest absolute Gasteiger partial charge is 0.504 e. The molecule has 0 saturated carbocycles. The molecule has 0 saturated heterocycles. The third-order valence-corrected chi connectivity index (χ3v) is 8.90. The second-order valence-electron chi connectivity index (χ2n) is 11.5. The molecule has 4 aliphatic heterocycles. The van der Waals surface area contributed by atoms with Crippen molar-refractivity contribution >= 4 is 5.71 Å². The van der Waals surface area contributed by atoms with Gasteiger partial charge in [0.05, 0.1) is 27.0 Å². The summed E-state index contributed by atoms with van der Waals surface area (Å²) in [6.07, 6.45) is 2.90. The maximum Gasteiger partial charge on any atom is 0.204 e. The number of phenolic OH excluding ortho intramolecular Hbond substituents is 1. The summed E-state index contributed by atoms with van der Waals surface area (Å²) in [4.78, 5) is 7.36. The molecule has 0 radical (unpaired) electrons. The summed E-state index contributed by atoms with van der Waals surface area (Å²) in [7, 11) is 7.12. The zero-order valence-corrected chi connectivity index (χ0v) is 25.5. The molecule has 4 aromatic rings. The topological polar surface area (TPSA) is 82.0 Å². The highest BCUT2D eigenvalue weighted by molar-refractivity contribution is 6.07. The van der Waals surface area contributed by atoms with Gasteiger partial charge in [-0.1, -0.05) is 18.2 Å². The molecular weight excluding hydrogens is 556 g/mol. The maximum absolute atomic E-state index is 10.7. The molecule has 8 heteroatoms. The first-order valence-corrected chi connectivity index (χ1v) is 14.9. The number of hydrogen-bond acceptors (Lipinski definition) is 8. The minimum atomic E-state index is -0.00726. The average Bonchev–Trinajstić information content (AvgIpc) is 3.04. The quantitative estimate of drug-likeness (QED) is 0.284. The van der Waals surface area contributed by atoms with Crippen molar-refractivity contribution in [2.24, 2.45) is 4.99 Å². The lowest BCUT2D eigenvalue weighted by Crippen LogP contribution is -2.33. The van der Waals surface area contributed by atoms with Crippen LogP contribution >= 0.6 is 0 Å². The van der Waals surface area contributed by atoms with E-state index in [9.17, 15) is 5.11 Å². The lowest BCUT2D eigenvalue weighted by Gasteiger charge is -2.36. The molecule has 0 amide bonds. The van der Waals surface area contributed by atoms with E-state index < -0.39 is 0 Å². The molecule has 44 heavy (non-hydrogen) atoms. The molecule has 0 spiro atoms. The van der Waals surface area contributed by atoms with E-state index in [2.05, 4.69) is 18.0 Å². The normalized spacial score (nSPS) is 17.3. The second kappa shape index (κ2) is 11.4. The van der Waals surface area contributed by atoms with Crippen LogP contribution in [0.4, 0.5) is 0 Å². The summed E-state index contributed by atoms with van der Waals surface area (Å²) in [5.74, 6) is 4.37. The van der Waals surface area contributed by atoms with E-state index in [4.69, 9.17) is 28.7 Å². The molecule has 8 nitrogen and oxygen atoms in total. The van der Waals surface area contributed by atoms with Gasteiger partial charge < -0.3 is 28.8 Å². The van der Waals surface area contributed by atoms with Crippen molar-refractivity contribution in [3.63, 3.8) is 0 Å². The van der Waals surface area contributed by atoms with Crippen molar-refractivity contribution in [3.05, 3.63) is 94.0 Å². The average molecular weight is 593 g/mol. The third kappa shape index (κ3) is 4.99. The summed E-state index contributed by atoms with van der Waals surface area (Å²) in [5.41, 5.74) is 7.36. The highest BCUT2D eigenvalue weighted by atomic mass is 16.5. The van der Waals surface area contributed by atoms with E-state index in [1.165, 1.54) is 5.56 Å². The maximum atomic E-state index is 10.7. The number of rotatable bonds is 3. The van der Waals surface area contributed by atoms with Gasteiger partial charge in [-0.05, 0) is 85.0 Å². The first-order chi connectivity index (χ1) is 21.4. The van der Waals surface area contributed by atoms with Crippen LogP contribution < -0.4 is 23.7 Å². The van der Waals surface area contributed by atoms with E-state index in [1.54, 1.807) is 27.4 Å². The van der Waals surface area contributed by atoms with Gasteiger partial charge in [0.25, 0.3) is 0 Å². The molecule has 4 heterocycles. The van der Waals surface area contributed by atoms with E-state index in [1.807, 2.05) is 48.5 Å². The zero-order chi connectivity index (χ0) is 30.4. The Balaban J connectivity index is 1.49. The Morgan fingerprint density at radius 3 is 2.43 bits per heavy atom. The molecule has 4 bridgehead atoms. The van der Waals surface area contributed by atoms with Crippen LogP contribution in [0.5, 0.6) is 46.0 Å². The highest BCUT2D eigenvalue weighted by Gasteiger charge is 2.33. The van der Waals surface area contributed by atoms with Crippen LogP contribution in [0.15, 0.2) is 65.7 Å². The second-order valence-corrected chi connectivity index (χ2v) is 11.5. The van der Waals surface area contributed by atoms with Crippen molar-refractivity contribution in [3.8, 4) is 46.0 Å². The summed E-state index contributed by atoms with van der Waals surface area (Å²) < 4.78 is 30.8. The van der Waals surface area contributed by atoms with Crippen molar-refractivity contribution in [1.82, 2.24) is 4.90 Å². The fourth-order valence-corrected chi connectivity index (χ4v) is 6.63. The number of ether oxygens (including phenoxy) is 5. The Bertz CT molecular complexity index is 1760. The monoisotopic (exact) mass is 592 g/mol. The Hall–Kier alpha value is -4.69. The number of aromatic hydroxyl groups is 1. The van der Waals surface area contributed by atoms with E-state index in [-0.39, 0.29) is 11.8 Å². The van der Waals surface area contributed by atoms with Gasteiger partial charge in [-0.2, -0.15) is 0 Å². The molecule has 4 aliphatic rings. The van der Waals surface area contributed by atoms with Crippen LogP contribution in [0, 0.1) is 0 Å². The molecular formula is C36H36N2O6. The van der Waals surface area contributed by atoms with Gasteiger partial charge >= 0.3 is 0 Å². The Labute approximate surface area is 257 Å². The number of hydrogen-bond donors (Lipinski definition) is 1. The van der Waals surface area contributed by atoms with Gasteiger partial charge in [-0.25, -0.2) is 0 Å². The predicted octanol–water partition coefficient (Wildman–Crippen LogP) is 6.68. The van der Waals surface area contributed by atoms with E-state index in [0.717, 1.165) is 58.7 Å². The first-order valence-electron chi connectivity index (χ1n) is 14.9. The number of fused-ring (bicyclic) bond motifs is 2. The molecule has 0 aliphatic carbocycles. The van der Waals surface area contributed by atoms with Gasteiger partial charge in [0, 0.05) is 42.7 Å². The molecule has 8 rings (SSSR count). The summed E-state index contributed by atoms with van der Waals surface area (Å²) >= 11 is 0. The SMILES string of the molecule is COc1cc2c3c(c1)Oc1c(OC)c(OC)cc4c1C(=NCC4)Cc1ccc(cc1)Oc1cc(ccc1O)CC3N(C)CC2. The lowest BCUT2D eigenvalue weighted by atomic mass is 9.87.